The second-order valence-electron chi connectivity index (χ2n) is 5.41. The normalized spacial score (nSPS) is 14.9. The Kier molecular flexibility index (Phi) is 3.86. The van der Waals surface area contributed by atoms with E-state index in [1.807, 2.05) is 6.92 Å². The minimum atomic E-state index is -0.200. The first kappa shape index (κ1) is 13.3. The van der Waals surface area contributed by atoms with E-state index in [0.717, 1.165) is 19.4 Å². The van der Waals surface area contributed by atoms with Crippen LogP contribution in [0.1, 0.15) is 36.9 Å². The number of rotatable bonds is 5. The first-order valence-corrected chi connectivity index (χ1v) is 7.41. The van der Waals surface area contributed by atoms with E-state index >= 15 is 0 Å². The maximum atomic E-state index is 9.68. The molecule has 0 heterocycles. The van der Waals surface area contributed by atoms with Gasteiger partial charge in [-0.1, -0.05) is 55.5 Å². The first-order valence-electron chi connectivity index (χ1n) is 7.41. The molecular formula is C18H21NO. The lowest BCUT2D eigenvalue weighted by Gasteiger charge is -2.17. The standard InChI is InChI=1S/C18H21NO/c1-2-13(20)11-12-19-18-16-9-5-3-7-14(16)15-8-4-6-10-17(15)18/h3-10,13,18-20H,2,11-12H2,1H3. The molecule has 0 saturated carbocycles. The summed E-state index contributed by atoms with van der Waals surface area (Å²) in [5.74, 6) is 0. The molecule has 2 N–H and O–H groups in total. The van der Waals surface area contributed by atoms with E-state index in [9.17, 15) is 5.11 Å². The number of hydrogen-bond donors (Lipinski definition) is 2. The van der Waals surface area contributed by atoms with Crippen LogP contribution in [-0.2, 0) is 0 Å². The van der Waals surface area contributed by atoms with Gasteiger partial charge in [-0.2, -0.15) is 0 Å². The number of aliphatic hydroxyl groups excluding tert-OH is 1. The minimum absolute atomic E-state index is 0.200. The van der Waals surface area contributed by atoms with E-state index in [-0.39, 0.29) is 12.1 Å². The van der Waals surface area contributed by atoms with Crippen LogP contribution in [0.3, 0.4) is 0 Å². The summed E-state index contributed by atoms with van der Waals surface area (Å²) in [5, 5.41) is 13.3. The molecule has 2 aromatic carbocycles. The molecule has 3 rings (SSSR count). The molecule has 0 aromatic heterocycles. The van der Waals surface area contributed by atoms with Crippen LogP contribution in [0.5, 0.6) is 0 Å². The second-order valence-corrected chi connectivity index (χ2v) is 5.41. The fraction of sp³-hybridized carbons (Fsp3) is 0.333. The third kappa shape index (κ3) is 2.37. The average molecular weight is 267 g/mol. The minimum Gasteiger partial charge on any atom is -0.393 e. The molecule has 1 aliphatic carbocycles. The zero-order chi connectivity index (χ0) is 13.9. The molecule has 2 heteroatoms. The van der Waals surface area contributed by atoms with Gasteiger partial charge in [0.2, 0.25) is 0 Å². The molecule has 20 heavy (non-hydrogen) atoms. The largest absolute Gasteiger partial charge is 0.393 e. The molecule has 1 atom stereocenters. The van der Waals surface area contributed by atoms with Crippen LogP contribution >= 0.6 is 0 Å². The van der Waals surface area contributed by atoms with Crippen molar-refractivity contribution >= 4 is 0 Å². The highest BCUT2D eigenvalue weighted by molar-refractivity contribution is 5.78. The van der Waals surface area contributed by atoms with E-state index in [1.165, 1.54) is 22.3 Å². The number of fused-ring (bicyclic) bond motifs is 3. The molecule has 104 valence electrons. The summed E-state index contributed by atoms with van der Waals surface area (Å²) in [6.45, 7) is 2.85. The van der Waals surface area contributed by atoms with Gasteiger partial charge in [-0.05, 0) is 41.6 Å². The first-order chi connectivity index (χ1) is 9.81. The van der Waals surface area contributed by atoms with E-state index in [2.05, 4.69) is 53.8 Å². The van der Waals surface area contributed by atoms with Crippen molar-refractivity contribution in [3.05, 3.63) is 59.7 Å². The topological polar surface area (TPSA) is 32.3 Å². The summed E-state index contributed by atoms with van der Waals surface area (Å²) in [6, 6.07) is 17.4. The number of aliphatic hydroxyl groups is 1. The molecule has 0 amide bonds. The van der Waals surface area contributed by atoms with Gasteiger partial charge in [-0.15, -0.1) is 0 Å². The monoisotopic (exact) mass is 267 g/mol. The molecule has 1 aliphatic rings. The number of benzene rings is 2. The third-order valence-electron chi connectivity index (χ3n) is 4.13. The highest BCUT2D eigenvalue weighted by Crippen LogP contribution is 2.42. The summed E-state index contributed by atoms with van der Waals surface area (Å²) in [5.41, 5.74) is 5.35. The summed E-state index contributed by atoms with van der Waals surface area (Å²) in [6.07, 6.45) is 1.42. The van der Waals surface area contributed by atoms with E-state index < -0.39 is 0 Å². The van der Waals surface area contributed by atoms with E-state index in [1.54, 1.807) is 0 Å². The van der Waals surface area contributed by atoms with Gasteiger partial charge in [0, 0.05) is 0 Å². The Morgan fingerprint density at radius 1 is 1.00 bits per heavy atom. The van der Waals surface area contributed by atoms with Crippen LogP contribution in [0.2, 0.25) is 0 Å². The van der Waals surface area contributed by atoms with Gasteiger partial charge < -0.3 is 10.4 Å². The lowest BCUT2D eigenvalue weighted by molar-refractivity contribution is 0.159. The zero-order valence-electron chi connectivity index (χ0n) is 11.8. The highest BCUT2D eigenvalue weighted by Gasteiger charge is 2.27. The zero-order valence-corrected chi connectivity index (χ0v) is 11.8. The molecule has 2 aromatic rings. The summed E-state index contributed by atoms with van der Waals surface area (Å²) < 4.78 is 0. The Bertz CT molecular complexity index is 548. The SMILES string of the molecule is CCC(O)CCNC1c2ccccc2-c2ccccc21. The van der Waals surface area contributed by atoms with Gasteiger partial charge in [-0.25, -0.2) is 0 Å². The average Bonchev–Trinajstić information content (AvgIpc) is 2.82. The van der Waals surface area contributed by atoms with E-state index in [4.69, 9.17) is 0 Å². The Labute approximate surface area is 120 Å². The fourth-order valence-electron chi connectivity index (χ4n) is 2.97. The van der Waals surface area contributed by atoms with Crippen molar-refractivity contribution in [1.29, 1.82) is 0 Å². The molecule has 0 aliphatic heterocycles. The molecule has 2 nitrogen and oxygen atoms in total. The molecule has 0 spiro atoms. The van der Waals surface area contributed by atoms with Crippen molar-refractivity contribution in [2.45, 2.75) is 31.9 Å². The van der Waals surface area contributed by atoms with E-state index in [0.29, 0.717) is 0 Å². The van der Waals surface area contributed by atoms with Crippen LogP contribution in [0.25, 0.3) is 11.1 Å². The van der Waals surface area contributed by atoms with Crippen molar-refractivity contribution in [2.75, 3.05) is 6.54 Å². The fourth-order valence-corrected chi connectivity index (χ4v) is 2.97. The predicted molar refractivity (Wildman–Crippen MR) is 82.6 cm³/mol. The van der Waals surface area contributed by atoms with Crippen LogP contribution < -0.4 is 5.32 Å². The number of hydrogen-bond acceptors (Lipinski definition) is 2. The van der Waals surface area contributed by atoms with Gasteiger partial charge in [-0.3, -0.25) is 0 Å². The van der Waals surface area contributed by atoms with Gasteiger partial charge in [0.25, 0.3) is 0 Å². The lowest BCUT2D eigenvalue weighted by Crippen LogP contribution is -2.24. The molecule has 0 bridgehead atoms. The molecule has 1 unspecified atom stereocenters. The van der Waals surface area contributed by atoms with Crippen molar-refractivity contribution in [1.82, 2.24) is 5.32 Å². The smallest absolute Gasteiger partial charge is 0.0589 e. The predicted octanol–water partition coefficient (Wildman–Crippen LogP) is 3.51. The number of nitrogens with one attached hydrogen (secondary N) is 1. The van der Waals surface area contributed by atoms with Gasteiger partial charge in [0.05, 0.1) is 12.1 Å². The molecule has 0 radical (unpaired) electrons. The van der Waals surface area contributed by atoms with Gasteiger partial charge in [0.1, 0.15) is 0 Å². The van der Waals surface area contributed by atoms with Crippen LogP contribution in [0.4, 0.5) is 0 Å². The second kappa shape index (κ2) is 5.78. The Morgan fingerprint density at radius 3 is 2.10 bits per heavy atom. The Hall–Kier alpha value is -1.64. The Morgan fingerprint density at radius 2 is 1.55 bits per heavy atom. The van der Waals surface area contributed by atoms with Crippen molar-refractivity contribution in [3.63, 3.8) is 0 Å². The highest BCUT2D eigenvalue weighted by atomic mass is 16.3. The molecule has 0 fully saturated rings. The van der Waals surface area contributed by atoms with Crippen molar-refractivity contribution in [3.8, 4) is 11.1 Å². The summed E-state index contributed by atoms with van der Waals surface area (Å²) in [4.78, 5) is 0. The van der Waals surface area contributed by atoms with Gasteiger partial charge in [0.15, 0.2) is 0 Å². The van der Waals surface area contributed by atoms with Gasteiger partial charge >= 0.3 is 0 Å². The maximum absolute atomic E-state index is 9.68. The molecular weight excluding hydrogens is 246 g/mol. The summed E-state index contributed by atoms with van der Waals surface area (Å²) >= 11 is 0. The summed E-state index contributed by atoms with van der Waals surface area (Å²) in [7, 11) is 0. The third-order valence-corrected chi connectivity index (χ3v) is 4.13. The van der Waals surface area contributed by atoms with Crippen molar-refractivity contribution < 1.29 is 5.11 Å². The van der Waals surface area contributed by atoms with Crippen LogP contribution in [0.15, 0.2) is 48.5 Å². The van der Waals surface area contributed by atoms with Crippen LogP contribution in [0, 0.1) is 0 Å². The molecule has 0 saturated heterocycles. The lowest BCUT2D eigenvalue weighted by atomic mass is 10.1. The van der Waals surface area contributed by atoms with Crippen LogP contribution in [-0.4, -0.2) is 17.8 Å². The van der Waals surface area contributed by atoms with Crippen molar-refractivity contribution in [2.24, 2.45) is 0 Å². The Balaban J connectivity index is 1.84. The quantitative estimate of drug-likeness (QED) is 0.869. The maximum Gasteiger partial charge on any atom is 0.0589 e.